The van der Waals surface area contributed by atoms with Gasteiger partial charge < -0.3 is 9.84 Å². The van der Waals surface area contributed by atoms with Crippen LogP contribution in [0.3, 0.4) is 0 Å². The number of imide groups is 1. The zero-order valence-electron chi connectivity index (χ0n) is 9.06. The van der Waals surface area contributed by atoms with Gasteiger partial charge in [-0.2, -0.15) is 0 Å². The molecular formula is C9H13NO5S. The van der Waals surface area contributed by atoms with Crippen molar-refractivity contribution in [3.8, 4) is 0 Å². The molecule has 1 N–H and O–H groups in total. The first-order valence-electron chi connectivity index (χ1n) is 4.65. The van der Waals surface area contributed by atoms with Crippen LogP contribution in [0, 0.1) is 0 Å². The van der Waals surface area contributed by atoms with Crippen molar-refractivity contribution in [1.29, 1.82) is 0 Å². The number of amides is 2. The van der Waals surface area contributed by atoms with Gasteiger partial charge >= 0.3 is 5.97 Å². The predicted octanol–water partition coefficient (Wildman–Crippen LogP) is 0.562. The monoisotopic (exact) mass is 247 g/mol. The Morgan fingerprint density at radius 3 is 2.62 bits per heavy atom. The van der Waals surface area contributed by atoms with E-state index in [1.807, 2.05) is 0 Å². The largest absolute Gasteiger partial charge is 0.479 e. The van der Waals surface area contributed by atoms with Gasteiger partial charge in [-0.1, -0.05) is 11.8 Å². The topological polar surface area (TPSA) is 83.9 Å². The van der Waals surface area contributed by atoms with Crippen LogP contribution < -0.4 is 0 Å². The summed E-state index contributed by atoms with van der Waals surface area (Å²) in [6, 6.07) is 0. The Labute approximate surface area is 96.9 Å². The van der Waals surface area contributed by atoms with E-state index in [9.17, 15) is 14.4 Å². The van der Waals surface area contributed by atoms with Crippen LogP contribution in [-0.2, 0) is 14.3 Å². The number of rotatable bonds is 5. The minimum atomic E-state index is -1.52. The van der Waals surface area contributed by atoms with Crippen LogP contribution in [0.5, 0.6) is 0 Å². The molecule has 90 valence electrons. The lowest BCUT2D eigenvalue weighted by atomic mass is 9.96. The Morgan fingerprint density at radius 2 is 2.25 bits per heavy atom. The number of thioether (sulfide) groups is 1. The zero-order valence-corrected chi connectivity index (χ0v) is 9.87. The first-order chi connectivity index (χ1) is 7.43. The smallest absolute Gasteiger partial charge is 0.329 e. The van der Waals surface area contributed by atoms with E-state index in [0.717, 1.165) is 16.7 Å². The van der Waals surface area contributed by atoms with Gasteiger partial charge in [0.1, 0.15) is 5.54 Å². The van der Waals surface area contributed by atoms with Crippen LogP contribution in [0.1, 0.15) is 13.3 Å². The molecule has 0 aromatic rings. The molecule has 0 saturated carbocycles. The van der Waals surface area contributed by atoms with E-state index in [1.54, 1.807) is 0 Å². The van der Waals surface area contributed by atoms with Crippen molar-refractivity contribution in [1.82, 2.24) is 4.90 Å². The van der Waals surface area contributed by atoms with Gasteiger partial charge in [-0.15, -0.1) is 0 Å². The third kappa shape index (κ3) is 2.19. The lowest BCUT2D eigenvalue weighted by Crippen LogP contribution is -2.55. The van der Waals surface area contributed by atoms with Gasteiger partial charge in [0, 0.05) is 20.1 Å². The van der Waals surface area contributed by atoms with Gasteiger partial charge in [0.05, 0.1) is 5.75 Å². The summed E-state index contributed by atoms with van der Waals surface area (Å²) in [4.78, 5) is 35.0. The molecule has 1 aliphatic rings. The van der Waals surface area contributed by atoms with Crippen molar-refractivity contribution >= 4 is 28.9 Å². The SMILES string of the molecule is COCCC(C)(C(=O)O)N1C(=O)CSC1=O. The summed E-state index contributed by atoms with van der Waals surface area (Å²) in [5.41, 5.74) is -1.52. The van der Waals surface area contributed by atoms with Crippen molar-refractivity contribution in [2.45, 2.75) is 18.9 Å². The highest BCUT2D eigenvalue weighted by Crippen LogP contribution is 2.30. The minimum absolute atomic E-state index is 0.00862. The summed E-state index contributed by atoms with van der Waals surface area (Å²) < 4.78 is 4.80. The summed E-state index contributed by atoms with van der Waals surface area (Å²) in [6.45, 7) is 1.53. The lowest BCUT2D eigenvalue weighted by molar-refractivity contribution is -0.154. The van der Waals surface area contributed by atoms with Crippen molar-refractivity contribution in [2.24, 2.45) is 0 Å². The van der Waals surface area contributed by atoms with Crippen molar-refractivity contribution in [3.63, 3.8) is 0 Å². The number of carbonyl (C=O) groups is 3. The van der Waals surface area contributed by atoms with Crippen molar-refractivity contribution in [2.75, 3.05) is 19.5 Å². The summed E-state index contributed by atoms with van der Waals surface area (Å²) in [7, 11) is 1.44. The summed E-state index contributed by atoms with van der Waals surface area (Å²) in [6.07, 6.45) is 0.0802. The first-order valence-corrected chi connectivity index (χ1v) is 5.64. The van der Waals surface area contributed by atoms with E-state index in [-0.39, 0.29) is 18.8 Å². The van der Waals surface area contributed by atoms with Gasteiger partial charge in [-0.05, 0) is 6.92 Å². The molecule has 1 unspecified atom stereocenters. The van der Waals surface area contributed by atoms with E-state index < -0.39 is 22.7 Å². The number of nitrogens with zero attached hydrogens (tertiary/aromatic N) is 1. The van der Waals surface area contributed by atoms with Gasteiger partial charge in [-0.25, -0.2) is 4.79 Å². The fourth-order valence-electron chi connectivity index (χ4n) is 1.45. The first kappa shape index (κ1) is 13.0. The second kappa shape index (κ2) is 4.84. The Bertz CT molecular complexity index is 316. The normalized spacial score (nSPS) is 20.0. The summed E-state index contributed by atoms with van der Waals surface area (Å²) in [5.74, 6) is -1.65. The van der Waals surface area contributed by atoms with Crippen LogP contribution in [0.4, 0.5) is 4.79 Å². The molecule has 1 heterocycles. The Balaban J connectivity index is 2.96. The summed E-state index contributed by atoms with van der Waals surface area (Å²) in [5, 5.41) is 8.64. The van der Waals surface area contributed by atoms with E-state index in [1.165, 1.54) is 14.0 Å². The fraction of sp³-hybridized carbons (Fsp3) is 0.667. The number of hydrogen-bond donors (Lipinski definition) is 1. The van der Waals surface area contributed by atoms with E-state index in [0.29, 0.717) is 0 Å². The molecule has 7 heteroatoms. The lowest BCUT2D eigenvalue weighted by Gasteiger charge is -2.32. The van der Waals surface area contributed by atoms with Crippen LogP contribution in [-0.4, -0.2) is 52.1 Å². The molecule has 1 fully saturated rings. The number of hydrogen-bond acceptors (Lipinski definition) is 5. The standard InChI is InChI=1S/C9H13NO5S/c1-9(7(12)13,3-4-15-2)10-6(11)5-16-8(10)14/h3-5H2,1-2H3,(H,12,13). The third-order valence-corrected chi connectivity index (χ3v) is 3.32. The molecule has 0 aliphatic carbocycles. The number of aliphatic carboxylic acids is 1. The number of carbonyl (C=O) groups excluding carboxylic acids is 2. The molecule has 2 amide bonds. The second-order valence-electron chi connectivity index (χ2n) is 3.61. The van der Waals surface area contributed by atoms with Gasteiger partial charge in [0.2, 0.25) is 5.91 Å². The number of ether oxygens (including phenoxy) is 1. The van der Waals surface area contributed by atoms with Gasteiger partial charge in [0.15, 0.2) is 0 Å². The average Bonchev–Trinajstić information content (AvgIpc) is 2.55. The Morgan fingerprint density at radius 1 is 1.62 bits per heavy atom. The fourth-order valence-corrected chi connectivity index (χ4v) is 2.25. The van der Waals surface area contributed by atoms with Crippen LogP contribution in [0.2, 0.25) is 0 Å². The number of carboxylic acids is 1. The quantitative estimate of drug-likeness (QED) is 0.764. The average molecular weight is 247 g/mol. The highest BCUT2D eigenvalue weighted by Gasteiger charge is 2.48. The molecule has 6 nitrogen and oxygen atoms in total. The maximum atomic E-state index is 11.5. The van der Waals surface area contributed by atoms with Gasteiger partial charge in [-0.3, -0.25) is 14.5 Å². The van der Waals surface area contributed by atoms with Crippen LogP contribution in [0.25, 0.3) is 0 Å². The maximum Gasteiger partial charge on any atom is 0.329 e. The highest BCUT2D eigenvalue weighted by atomic mass is 32.2. The molecule has 1 rings (SSSR count). The zero-order chi connectivity index (χ0) is 12.3. The van der Waals surface area contributed by atoms with Crippen LogP contribution in [0.15, 0.2) is 0 Å². The molecule has 1 saturated heterocycles. The summed E-state index contributed by atoms with van der Waals surface area (Å²) >= 11 is 0.825. The molecule has 0 aromatic heterocycles. The van der Waals surface area contributed by atoms with Crippen molar-refractivity contribution < 1.29 is 24.2 Å². The molecule has 0 radical (unpaired) electrons. The molecule has 0 spiro atoms. The third-order valence-electron chi connectivity index (χ3n) is 2.50. The molecular weight excluding hydrogens is 234 g/mol. The van der Waals surface area contributed by atoms with E-state index in [2.05, 4.69) is 0 Å². The second-order valence-corrected chi connectivity index (χ2v) is 4.53. The van der Waals surface area contributed by atoms with Gasteiger partial charge in [0.25, 0.3) is 5.24 Å². The van der Waals surface area contributed by atoms with E-state index >= 15 is 0 Å². The maximum absolute atomic E-state index is 11.5. The molecule has 1 atom stereocenters. The predicted molar refractivity (Wildman–Crippen MR) is 57.2 cm³/mol. The molecule has 1 aliphatic heterocycles. The molecule has 0 bridgehead atoms. The highest BCUT2D eigenvalue weighted by molar-refractivity contribution is 8.14. The minimum Gasteiger partial charge on any atom is -0.479 e. The van der Waals surface area contributed by atoms with E-state index in [4.69, 9.17) is 9.84 Å². The Kier molecular flexibility index (Phi) is 3.93. The Hall–Kier alpha value is -1.08. The van der Waals surface area contributed by atoms with Crippen LogP contribution >= 0.6 is 11.8 Å². The number of methoxy groups -OCH3 is 1. The number of carboxylic acid groups (broad SMARTS) is 1. The van der Waals surface area contributed by atoms with Crippen molar-refractivity contribution in [3.05, 3.63) is 0 Å². The molecule has 0 aromatic carbocycles. The molecule has 16 heavy (non-hydrogen) atoms.